The Labute approximate surface area is 149 Å². The van der Waals surface area contributed by atoms with Crippen molar-refractivity contribution in [1.29, 1.82) is 0 Å². The molecule has 0 aliphatic rings. The smallest absolute Gasteiger partial charge is 0.295 e. The number of H-pyrrole nitrogens is 1. The first-order chi connectivity index (χ1) is 12.6. The fourth-order valence-electron chi connectivity index (χ4n) is 3.06. The summed E-state index contributed by atoms with van der Waals surface area (Å²) in [6.07, 6.45) is 1.87. The zero-order chi connectivity index (χ0) is 18.1. The molecule has 0 atom stereocenters. The summed E-state index contributed by atoms with van der Waals surface area (Å²) in [5.74, 6) is -0.245. The molecule has 6 nitrogen and oxygen atoms in total. The van der Waals surface area contributed by atoms with Gasteiger partial charge >= 0.3 is 0 Å². The Morgan fingerprint density at radius 3 is 2.58 bits per heavy atom. The van der Waals surface area contributed by atoms with Gasteiger partial charge in [0.15, 0.2) is 0 Å². The van der Waals surface area contributed by atoms with Gasteiger partial charge in [0.05, 0.1) is 11.4 Å². The number of aromatic amines is 1. The molecule has 26 heavy (non-hydrogen) atoms. The second kappa shape index (κ2) is 6.40. The third-order valence-electron chi connectivity index (χ3n) is 4.34. The van der Waals surface area contributed by atoms with Gasteiger partial charge in [-0.15, -0.1) is 0 Å². The predicted octanol–water partition coefficient (Wildman–Crippen LogP) is 3.07. The summed E-state index contributed by atoms with van der Waals surface area (Å²) in [7, 11) is 0. The lowest BCUT2D eigenvalue weighted by atomic mass is 10.2. The van der Waals surface area contributed by atoms with Crippen molar-refractivity contribution in [3.63, 3.8) is 0 Å². The lowest BCUT2D eigenvalue weighted by Gasteiger charge is -2.06. The molecule has 6 heteroatoms. The summed E-state index contributed by atoms with van der Waals surface area (Å²) in [5, 5.41) is 6.83. The van der Waals surface area contributed by atoms with Crippen LogP contribution in [0.15, 0.2) is 71.7 Å². The summed E-state index contributed by atoms with van der Waals surface area (Å²) >= 11 is 0. The molecule has 0 radical (unpaired) electrons. The molecule has 0 unspecified atom stereocenters. The summed E-state index contributed by atoms with van der Waals surface area (Å²) in [5.41, 5.74) is 2.31. The van der Waals surface area contributed by atoms with Crippen molar-refractivity contribution in [2.75, 3.05) is 5.32 Å². The quantitative estimate of drug-likeness (QED) is 0.596. The number of carbonyl (C=O) groups excluding carboxylic acids is 1. The van der Waals surface area contributed by atoms with Crippen LogP contribution in [0.25, 0.3) is 16.6 Å². The van der Waals surface area contributed by atoms with Gasteiger partial charge < -0.3 is 9.88 Å². The first kappa shape index (κ1) is 16.0. The van der Waals surface area contributed by atoms with Crippen LogP contribution in [0.1, 0.15) is 5.69 Å². The van der Waals surface area contributed by atoms with Gasteiger partial charge in [-0.05, 0) is 36.6 Å². The Kier molecular flexibility index (Phi) is 3.93. The van der Waals surface area contributed by atoms with E-state index in [9.17, 15) is 9.59 Å². The van der Waals surface area contributed by atoms with Gasteiger partial charge in [-0.25, -0.2) is 4.68 Å². The number of aryl methyl sites for hydroxylation is 1. The van der Waals surface area contributed by atoms with E-state index < -0.39 is 0 Å². The number of hydrogen-bond acceptors (Lipinski definition) is 2. The van der Waals surface area contributed by atoms with Crippen molar-refractivity contribution in [3.05, 3.63) is 82.9 Å². The van der Waals surface area contributed by atoms with E-state index in [1.54, 1.807) is 6.92 Å². The maximum atomic E-state index is 12.7. The van der Waals surface area contributed by atoms with E-state index in [-0.39, 0.29) is 23.7 Å². The van der Waals surface area contributed by atoms with Gasteiger partial charge in [-0.1, -0.05) is 36.4 Å². The zero-order valence-electron chi connectivity index (χ0n) is 14.3. The molecule has 0 fully saturated rings. The number of nitrogens with one attached hydrogen (secondary N) is 2. The van der Waals surface area contributed by atoms with E-state index in [0.29, 0.717) is 5.69 Å². The number of rotatable bonds is 4. The second-order valence-electron chi connectivity index (χ2n) is 6.14. The van der Waals surface area contributed by atoms with Crippen LogP contribution >= 0.6 is 0 Å². The molecule has 4 aromatic rings. The average molecular weight is 346 g/mol. The Hall–Kier alpha value is -3.54. The highest BCUT2D eigenvalue weighted by atomic mass is 16.2. The molecule has 2 aromatic carbocycles. The van der Waals surface area contributed by atoms with Gasteiger partial charge in [0.25, 0.3) is 5.56 Å². The molecule has 2 aromatic heterocycles. The topological polar surface area (TPSA) is 71.8 Å². The van der Waals surface area contributed by atoms with Crippen molar-refractivity contribution in [1.82, 2.24) is 14.3 Å². The van der Waals surface area contributed by atoms with Crippen molar-refractivity contribution in [2.24, 2.45) is 0 Å². The minimum absolute atomic E-state index is 0.142. The molecule has 0 saturated heterocycles. The number of hydrogen-bond donors (Lipinski definition) is 2. The molecule has 2 N–H and O–H groups in total. The van der Waals surface area contributed by atoms with E-state index in [2.05, 4.69) is 10.4 Å². The van der Waals surface area contributed by atoms with Gasteiger partial charge in [0.1, 0.15) is 12.2 Å². The molecule has 1 amide bonds. The number of nitrogens with zero attached hydrogens (tertiary/aromatic N) is 2. The fourth-order valence-corrected chi connectivity index (χ4v) is 3.06. The summed E-state index contributed by atoms with van der Waals surface area (Å²) < 4.78 is 3.29. The summed E-state index contributed by atoms with van der Waals surface area (Å²) in [6, 6.07) is 19.1. The maximum absolute atomic E-state index is 12.7. The van der Waals surface area contributed by atoms with Crippen LogP contribution in [0.3, 0.4) is 0 Å². The number of benzene rings is 2. The Bertz CT molecular complexity index is 1140. The zero-order valence-corrected chi connectivity index (χ0v) is 14.3. The minimum Gasteiger partial charge on any atom is -0.338 e. The Morgan fingerprint density at radius 2 is 1.77 bits per heavy atom. The van der Waals surface area contributed by atoms with Crippen molar-refractivity contribution < 1.29 is 4.79 Å². The van der Waals surface area contributed by atoms with Gasteiger partial charge in [0.2, 0.25) is 5.91 Å². The molecule has 0 saturated carbocycles. The van der Waals surface area contributed by atoms with Crippen molar-refractivity contribution in [3.8, 4) is 5.69 Å². The Balaban J connectivity index is 1.59. The standard InChI is InChI=1S/C20H18N4O2/c1-14-19(20(26)24(22-14)16-8-3-2-4-9-16)21-18(25)13-23-12-11-15-7-5-6-10-17(15)23/h2-12,22H,13H2,1H3,(H,21,25). The highest BCUT2D eigenvalue weighted by Gasteiger charge is 2.15. The molecule has 2 heterocycles. The molecule has 0 aliphatic heterocycles. The largest absolute Gasteiger partial charge is 0.338 e. The van der Waals surface area contributed by atoms with Gasteiger partial charge in [0, 0.05) is 11.7 Å². The third-order valence-corrected chi connectivity index (χ3v) is 4.34. The monoisotopic (exact) mass is 346 g/mol. The van der Waals surface area contributed by atoms with E-state index in [1.165, 1.54) is 4.68 Å². The molecule has 0 aliphatic carbocycles. The lowest BCUT2D eigenvalue weighted by Crippen LogP contribution is -2.24. The van der Waals surface area contributed by atoms with Crippen LogP contribution in [0.4, 0.5) is 5.69 Å². The number of anilines is 1. The Morgan fingerprint density at radius 1 is 1.04 bits per heavy atom. The number of carbonyl (C=O) groups is 1. The first-order valence-corrected chi connectivity index (χ1v) is 8.34. The van der Waals surface area contributed by atoms with E-state index in [1.807, 2.05) is 71.4 Å². The number of amides is 1. The molecule has 130 valence electrons. The number of fused-ring (bicyclic) bond motifs is 1. The van der Waals surface area contributed by atoms with Crippen molar-refractivity contribution >= 4 is 22.5 Å². The predicted molar refractivity (Wildman–Crippen MR) is 102 cm³/mol. The van der Waals surface area contributed by atoms with Gasteiger partial charge in [-0.2, -0.15) is 0 Å². The number of aromatic nitrogens is 3. The lowest BCUT2D eigenvalue weighted by molar-refractivity contribution is -0.116. The fraction of sp³-hybridized carbons (Fsp3) is 0.100. The SMILES string of the molecule is Cc1[nH]n(-c2ccccc2)c(=O)c1NC(=O)Cn1ccc2ccccc21. The number of para-hydroxylation sites is 2. The van der Waals surface area contributed by atoms with Crippen LogP contribution in [0.5, 0.6) is 0 Å². The van der Waals surface area contributed by atoms with Gasteiger partial charge in [-0.3, -0.25) is 14.7 Å². The summed E-state index contributed by atoms with van der Waals surface area (Å²) in [6.45, 7) is 1.91. The third kappa shape index (κ3) is 2.82. The maximum Gasteiger partial charge on any atom is 0.295 e. The van der Waals surface area contributed by atoms with Crippen molar-refractivity contribution in [2.45, 2.75) is 13.5 Å². The highest BCUT2D eigenvalue weighted by Crippen LogP contribution is 2.15. The van der Waals surface area contributed by atoms with Crippen LogP contribution < -0.4 is 10.9 Å². The van der Waals surface area contributed by atoms with Crippen LogP contribution in [-0.2, 0) is 11.3 Å². The molecule has 0 spiro atoms. The molecule has 0 bridgehead atoms. The van der Waals surface area contributed by atoms with Crippen LogP contribution in [0.2, 0.25) is 0 Å². The van der Waals surface area contributed by atoms with Crippen LogP contribution in [-0.4, -0.2) is 20.3 Å². The summed E-state index contributed by atoms with van der Waals surface area (Å²) in [4.78, 5) is 25.1. The second-order valence-corrected chi connectivity index (χ2v) is 6.14. The minimum atomic E-state index is -0.278. The van der Waals surface area contributed by atoms with E-state index in [0.717, 1.165) is 16.6 Å². The normalized spacial score (nSPS) is 11.0. The first-order valence-electron chi connectivity index (χ1n) is 8.34. The molecule has 4 rings (SSSR count). The van der Waals surface area contributed by atoms with E-state index >= 15 is 0 Å². The molecular weight excluding hydrogens is 328 g/mol. The van der Waals surface area contributed by atoms with E-state index in [4.69, 9.17) is 0 Å². The highest BCUT2D eigenvalue weighted by molar-refractivity contribution is 5.92. The molecular formula is C20H18N4O2. The average Bonchev–Trinajstić information content (AvgIpc) is 3.19. The van der Waals surface area contributed by atoms with Crippen LogP contribution in [0, 0.1) is 6.92 Å².